The minimum Gasteiger partial charge on any atom is -0.466 e. The topological polar surface area (TPSA) is 81.7 Å². The fourth-order valence-electron chi connectivity index (χ4n) is 3.39. The second-order valence-electron chi connectivity index (χ2n) is 7.64. The van der Waals surface area contributed by atoms with Crippen LogP contribution in [0.25, 0.3) is 11.1 Å². The van der Waals surface area contributed by atoms with E-state index in [0.29, 0.717) is 26.1 Å². The number of nitrogens with one attached hydrogen (secondary N) is 1. The number of amides is 1. The van der Waals surface area contributed by atoms with Crippen LogP contribution in [0.1, 0.15) is 58.1 Å². The van der Waals surface area contributed by atoms with Crippen LogP contribution < -0.4 is 5.32 Å². The maximum atomic E-state index is 12.5. The van der Waals surface area contributed by atoms with Crippen molar-refractivity contribution >= 4 is 17.8 Å². The van der Waals surface area contributed by atoms with Crippen molar-refractivity contribution in [3.63, 3.8) is 0 Å². The Morgan fingerprint density at radius 1 is 0.812 bits per heavy atom. The van der Waals surface area contributed by atoms with Crippen molar-refractivity contribution in [2.75, 3.05) is 13.2 Å². The van der Waals surface area contributed by atoms with E-state index in [1.54, 1.807) is 13.8 Å². The average Bonchev–Trinajstić information content (AvgIpc) is 2.81. The van der Waals surface area contributed by atoms with Gasteiger partial charge in [0.2, 0.25) is 5.91 Å². The molecular formula is C26H33NO5. The van der Waals surface area contributed by atoms with E-state index in [9.17, 15) is 14.4 Å². The first kappa shape index (κ1) is 25.1. The van der Waals surface area contributed by atoms with E-state index in [0.717, 1.165) is 16.7 Å². The van der Waals surface area contributed by atoms with E-state index in [2.05, 4.69) is 5.32 Å². The summed E-state index contributed by atoms with van der Waals surface area (Å²) in [4.78, 5) is 36.1. The molecule has 1 unspecified atom stereocenters. The average molecular weight is 440 g/mol. The quantitative estimate of drug-likeness (QED) is 0.479. The highest BCUT2D eigenvalue weighted by molar-refractivity contribution is 5.81. The second kappa shape index (κ2) is 13.3. The molecule has 2 rings (SSSR count). The molecule has 2 aromatic rings. The highest BCUT2D eigenvalue weighted by Gasteiger charge is 2.20. The molecular weight excluding hydrogens is 406 g/mol. The molecule has 0 aliphatic rings. The lowest BCUT2D eigenvalue weighted by atomic mass is 9.95. The number of carbonyl (C=O) groups is 3. The van der Waals surface area contributed by atoms with E-state index < -0.39 is 0 Å². The fraction of sp³-hybridized carbons (Fsp3) is 0.423. The number of ether oxygens (including phenoxy) is 2. The maximum absolute atomic E-state index is 12.5. The van der Waals surface area contributed by atoms with Crippen LogP contribution in [0.5, 0.6) is 0 Å². The highest BCUT2D eigenvalue weighted by atomic mass is 16.5. The summed E-state index contributed by atoms with van der Waals surface area (Å²) in [6.07, 6.45) is 1.25. The molecule has 0 aliphatic carbocycles. The molecule has 6 heteroatoms. The van der Waals surface area contributed by atoms with Gasteiger partial charge in [-0.05, 0) is 43.4 Å². The molecule has 1 amide bonds. The Kier molecular flexibility index (Phi) is 10.4. The van der Waals surface area contributed by atoms with Crippen LogP contribution in [0, 0.1) is 5.92 Å². The van der Waals surface area contributed by atoms with E-state index >= 15 is 0 Å². The predicted octanol–water partition coefficient (Wildman–Crippen LogP) is 4.83. The number of hydrogen-bond donors (Lipinski definition) is 1. The molecule has 0 saturated carbocycles. The monoisotopic (exact) mass is 439 g/mol. The van der Waals surface area contributed by atoms with E-state index in [1.807, 2.05) is 61.5 Å². The number of hydrogen-bond acceptors (Lipinski definition) is 5. The van der Waals surface area contributed by atoms with Crippen molar-refractivity contribution in [1.29, 1.82) is 0 Å². The highest BCUT2D eigenvalue weighted by Crippen LogP contribution is 2.26. The summed E-state index contributed by atoms with van der Waals surface area (Å²) in [6, 6.07) is 17.8. The van der Waals surface area contributed by atoms with Gasteiger partial charge in [-0.15, -0.1) is 0 Å². The molecule has 6 nitrogen and oxygen atoms in total. The normalized spacial score (nSPS) is 12.5. The molecule has 1 N–H and O–H groups in total. The van der Waals surface area contributed by atoms with Gasteiger partial charge in [-0.1, -0.05) is 61.5 Å². The first-order chi connectivity index (χ1) is 15.4. The van der Waals surface area contributed by atoms with Crippen LogP contribution >= 0.6 is 0 Å². The molecule has 172 valence electrons. The SMILES string of the molecule is CCOC(=O)CCC(=O)NC(CC[C@@H](C)C(=O)OCC)c1ccc(-c2ccccc2)cc1. The third-order valence-corrected chi connectivity index (χ3v) is 5.19. The summed E-state index contributed by atoms with van der Waals surface area (Å²) in [5.74, 6) is -1.11. The first-order valence-electron chi connectivity index (χ1n) is 11.2. The van der Waals surface area contributed by atoms with Gasteiger partial charge in [0.1, 0.15) is 0 Å². The lowest BCUT2D eigenvalue weighted by Crippen LogP contribution is -2.30. The van der Waals surface area contributed by atoms with Gasteiger partial charge in [0.05, 0.1) is 31.6 Å². The smallest absolute Gasteiger partial charge is 0.308 e. The molecule has 0 bridgehead atoms. The summed E-state index contributed by atoms with van der Waals surface area (Å²) in [7, 11) is 0. The molecule has 32 heavy (non-hydrogen) atoms. The molecule has 0 radical (unpaired) electrons. The standard InChI is InChI=1S/C26H33NO5/c1-4-31-25(29)18-17-24(28)27-23(16-11-19(3)26(30)32-5-2)22-14-12-21(13-15-22)20-9-7-6-8-10-20/h6-10,12-15,19,23H,4-5,11,16-18H2,1-3H3,(H,27,28)/t19-,23?/m1/s1. The fourth-order valence-corrected chi connectivity index (χ4v) is 3.39. The third-order valence-electron chi connectivity index (χ3n) is 5.19. The Balaban J connectivity index is 2.09. The van der Waals surface area contributed by atoms with Gasteiger partial charge >= 0.3 is 11.9 Å². The second-order valence-corrected chi connectivity index (χ2v) is 7.64. The van der Waals surface area contributed by atoms with Crippen LogP contribution in [0.15, 0.2) is 54.6 Å². The summed E-state index contributed by atoms with van der Waals surface area (Å²) in [5.41, 5.74) is 3.15. The van der Waals surface area contributed by atoms with Crippen molar-refractivity contribution in [2.45, 2.75) is 52.5 Å². The Morgan fingerprint density at radius 2 is 1.44 bits per heavy atom. The van der Waals surface area contributed by atoms with E-state index in [1.165, 1.54) is 0 Å². The van der Waals surface area contributed by atoms with Gasteiger partial charge in [-0.25, -0.2) is 0 Å². The Morgan fingerprint density at radius 3 is 2.06 bits per heavy atom. The summed E-state index contributed by atoms with van der Waals surface area (Å²) in [6.45, 7) is 5.99. The molecule has 0 aliphatic heterocycles. The number of carbonyl (C=O) groups excluding carboxylic acids is 3. The summed E-state index contributed by atoms with van der Waals surface area (Å²) in [5, 5.41) is 3.02. The minimum atomic E-state index is -0.387. The van der Waals surface area contributed by atoms with Crippen molar-refractivity contribution in [1.82, 2.24) is 5.32 Å². The summed E-state index contributed by atoms with van der Waals surface area (Å²) >= 11 is 0. The van der Waals surface area contributed by atoms with Crippen LogP contribution in [0.4, 0.5) is 0 Å². The van der Waals surface area contributed by atoms with Crippen LogP contribution in [-0.2, 0) is 23.9 Å². The molecule has 0 fully saturated rings. The van der Waals surface area contributed by atoms with Crippen molar-refractivity contribution in [3.05, 3.63) is 60.2 Å². The van der Waals surface area contributed by atoms with E-state index in [-0.39, 0.29) is 42.6 Å². The van der Waals surface area contributed by atoms with Crippen LogP contribution in [0.3, 0.4) is 0 Å². The van der Waals surface area contributed by atoms with E-state index in [4.69, 9.17) is 9.47 Å². The lowest BCUT2D eigenvalue weighted by Gasteiger charge is -2.21. The number of rotatable bonds is 12. The zero-order chi connectivity index (χ0) is 23.3. The maximum Gasteiger partial charge on any atom is 0.308 e. The van der Waals surface area contributed by atoms with Gasteiger partial charge in [-0.2, -0.15) is 0 Å². The zero-order valence-corrected chi connectivity index (χ0v) is 19.1. The molecule has 2 atom stereocenters. The van der Waals surface area contributed by atoms with Gasteiger partial charge in [0.25, 0.3) is 0 Å². The third kappa shape index (κ3) is 8.17. The molecule has 2 aromatic carbocycles. The molecule has 0 aromatic heterocycles. The number of benzene rings is 2. The number of esters is 2. The van der Waals surface area contributed by atoms with Gasteiger partial charge in [0.15, 0.2) is 0 Å². The predicted molar refractivity (Wildman–Crippen MR) is 124 cm³/mol. The van der Waals surface area contributed by atoms with Crippen LogP contribution in [-0.4, -0.2) is 31.1 Å². The Hall–Kier alpha value is -3.15. The molecule has 0 heterocycles. The lowest BCUT2D eigenvalue weighted by molar-refractivity contribution is -0.147. The summed E-state index contributed by atoms with van der Waals surface area (Å²) < 4.78 is 9.99. The Bertz CT molecular complexity index is 864. The van der Waals surface area contributed by atoms with Gasteiger partial charge in [-0.3, -0.25) is 14.4 Å². The van der Waals surface area contributed by atoms with Crippen molar-refractivity contribution in [2.24, 2.45) is 5.92 Å². The van der Waals surface area contributed by atoms with Gasteiger partial charge in [0, 0.05) is 6.42 Å². The van der Waals surface area contributed by atoms with Gasteiger partial charge < -0.3 is 14.8 Å². The molecule has 0 saturated heterocycles. The van der Waals surface area contributed by atoms with Crippen molar-refractivity contribution in [3.8, 4) is 11.1 Å². The largest absolute Gasteiger partial charge is 0.466 e. The molecule has 0 spiro atoms. The first-order valence-corrected chi connectivity index (χ1v) is 11.2. The van der Waals surface area contributed by atoms with Crippen molar-refractivity contribution < 1.29 is 23.9 Å². The zero-order valence-electron chi connectivity index (χ0n) is 19.1. The Labute approximate surface area is 190 Å². The minimum absolute atomic E-state index is 0.0402. The van der Waals surface area contributed by atoms with Crippen LogP contribution in [0.2, 0.25) is 0 Å².